The van der Waals surface area contributed by atoms with Crippen molar-refractivity contribution in [2.45, 2.75) is 32.9 Å². The fraction of sp³-hybridized carbons (Fsp3) is 0.316. The van der Waals surface area contributed by atoms with Crippen molar-refractivity contribution < 1.29 is 14.6 Å². The van der Waals surface area contributed by atoms with Gasteiger partial charge in [0, 0.05) is 6.54 Å². The first-order chi connectivity index (χ1) is 11.0. The Bertz CT molecular complexity index is 626. The van der Waals surface area contributed by atoms with Crippen molar-refractivity contribution in [2.75, 3.05) is 0 Å². The molecule has 23 heavy (non-hydrogen) atoms. The van der Waals surface area contributed by atoms with E-state index in [1.807, 2.05) is 68.4 Å². The molecule has 1 atom stereocenters. The number of carbonyl (C=O) groups is 1. The van der Waals surface area contributed by atoms with Crippen molar-refractivity contribution in [2.24, 2.45) is 5.92 Å². The molecule has 0 aliphatic rings. The van der Waals surface area contributed by atoms with E-state index in [1.165, 1.54) is 0 Å². The van der Waals surface area contributed by atoms with E-state index in [4.69, 9.17) is 4.74 Å². The highest BCUT2D eigenvalue weighted by Gasteiger charge is 2.17. The topological polar surface area (TPSA) is 58.6 Å². The third kappa shape index (κ3) is 5.75. The lowest BCUT2D eigenvalue weighted by molar-refractivity contribution is -0.140. The maximum Gasteiger partial charge on any atom is 0.320 e. The number of nitrogens with one attached hydrogen (secondary N) is 1. The first-order valence-corrected chi connectivity index (χ1v) is 7.82. The predicted molar refractivity (Wildman–Crippen MR) is 90.7 cm³/mol. The molecule has 2 rings (SSSR count). The molecule has 0 radical (unpaired) electrons. The zero-order chi connectivity index (χ0) is 16.7. The van der Waals surface area contributed by atoms with Crippen molar-refractivity contribution in [1.82, 2.24) is 5.32 Å². The Kier molecular flexibility index (Phi) is 6.18. The zero-order valence-corrected chi connectivity index (χ0v) is 13.5. The van der Waals surface area contributed by atoms with Gasteiger partial charge in [-0.15, -0.1) is 0 Å². The fourth-order valence-corrected chi connectivity index (χ4v) is 2.33. The van der Waals surface area contributed by atoms with Gasteiger partial charge >= 0.3 is 5.97 Å². The molecule has 0 aliphatic heterocycles. The van der Waals surface area contributed by atoms with E-state index in [9.17, 15) is 9.90 Å². The van der Waals surface area contributed by atoms with E-state index in [0.717, 1.165) is 17.1 Å². The number of benzene rings is 2. The molecule has 0 aliphatic carbocycles. The van der Waals surface area contributed by atoms with Crippen LogP contribution in [0.3, 0.4) is 0 Å². The van der Waals surface area contributed by atoms with Crippen LogP contribution in [0.5, 0.6) is 11.5 Å². The third-order valence-corrected chi connectivity index (χ3v) is 3.44. The van der Waals surface area contributed by atoms with E-state index in [0.29, 0.717) is 18.9 Å². The fourth-order valence-electron chi connectivity index (χ4n) is 2.33. The summed E-state index contributed by atoms with van der Waals surface area (Å²) in [5.41, 5.74) is 0.994. The third-order valence-electron chi connectivity index (χ3n) is 3.44. The van der Waals surface area contributed by atoms with Crippen LogP contribution in [0.1, 0.15) is 25.8 Å². The van der Waals surface area contributed by atoms with E-state index in [2.05, 4.69) is 5.32 Å². The SMILES string of the molecule is CC(C)C[C@H](NCc1cccc(Oc2ccccc2)c1)C(=O)O. The molecule has 0 fully saturated rings. The van der Waals surface area contributed by atoms with Gasteiger partial charge < -0.3 is 15.2 Å². The number of carboxylic acid groups (broad SMARTS) is 1. The van der Waals surface area contributed by atoms with Gasteiger partial charge in [0.2, 0.25) is 0 Å². The lowest BCUT2D eigenvalue weighted by Crippen LogP contribution is -2.37. The summed E-state index contributed by atoms with van der Waals surface area (Å²) >= 11 is 0. The monoisotopic (exact) mass is 313 g/mol. The molecular weight excluding hydrogens is 290 g/mol. The van der Waals surface area contributed by atoms with E-state index >= 15 is 0 Å². The van der Waals surface area contributed by atoms with Gasteiger partial charge in [-0.3, -0.25) is 4.79 Å². The average Bonchev–Trinajstić information content (AvgIpc) is 2.52. The number of hydrogen-bond acceptors (Lipinski definition) is 3. The molecule has 0 heterocycles. The maximum atomic E-state index is 11.3. The highest BCUT2D eigenvalue weighted by atomic mass is 16.5. The first kappa shape index (κ1) is 17.0. The van der Waals surface area contributed by atoms with Gasteiger partial charge in [-0.1, -0.05) is 44.2 Å². The van der Waals surface area contributed by atoms with Crippen molar-refractivity contribution in [3.05, 3.63) is 60.2 Å². The Morgan fingerprint density at radius 2 is 1.78 bits per heavy atom. The van der Waals surface area contributed by atoms with E-state index in [1.54, 1.807) is 0 Å². The van der Waals surface area contributed by atoms with E-state index in [-0.39, 0.29) is 0 Å². The van der Waals surface area contributed by atoms with Gasteiger partial charge in [0.25, 0.3) is 0 Å². The number of para-hydroxylation sites is 1. The maximum absolute atomic E-state index is 11.3. The second kappa shape index (κ2) is 8.34. The minimum absolute atomic E-state index is 0.330. The molecule has 0 saturated heterocycles. The van der Waals surface area contributed by atoms with Crippen molar-refractivity contribution in [3.63, 3.8) is 0 Å². The largest absolute Gasteiger partial charge is 0.480 e. The predicted octanol–water partition coefficient (Wildman–Crippen LogP) is 4.07. The summed E-state index contributed by atoms with van der Waals surface area (Å²) < 4.78 is 5.79. The molecule has 0 saturated carbocycles. The van der Waals surface area contributed by atoms with Gasteiger partial charge in [0.05, 0.1) is 0 Å². The molecule has 4 nitrogen and oxygen atoms in total. The van der Waals surface area contributed by atoms with Gasteiger partial charge in [0.15, 0.2) is 0 Å². The lowest BCUT2D eigenvalue weighted by atomic mass is 10.0. The smallest absolute Gasteiger partial charge is 0.320 e. The summed E-state index contributed by atoms with van der Waals surface area (Å²) in [6.07, 6.45) is 0.607. The summed E-state index contributed by atoms with van der Waals surface area (Å²) in [4.78, 5) is 11.3. The van der Waals surface area contributed by atoms with Crippen LogP contribution < -0.4 is 10.1 Å². The summed E-state index contributed by atoms with van der Waals surface area (Å²) in [6.45, 7) is 4.54. The van der Waals surface area contributed by atoms with Crippen molar-refractivity contribution >= 4 is 5.97 Å². The van der Waals surface area contributed by atoms with Crippen LogP contribution in [0.4, 0.5) is 0 Å². The molecule has 0 aromatic heterocycles. The van der Waals surface area contributed by atoms with Gasteiger partial charge in [-0.25, -0.2) is 0 Å². The minimum Gasteiger partial charge on any atom is -0.480 e. The first-order valence-electron chi connectivity index (χ1n) is 7.82. The van der Waals surface area contributed by atoms with E-state index < -0.39 is 12.0 Å². The molecule has 122 valence electrons. The number of aliphatic carboxylic acids is 1. The van der Waals surface area contributed by atoms with Crippen LogP contribution >= 0.6 is 0 Å². The molecule has 2 N–H and O–H groups in total. The summed E-state index contributed by atoms with van der Waals surface area (Å²) in [5.74, 6) is 1.04. The van der Waals surface area contributed by atoms with Crippen LogP contribution in [0.25, 0.3) is 0 Å². The van der Waals surface area contributed by atoms with Crippen LogP contribution in [-0.2, 0) is 11.3 Å². The zero-order valence-electron chi connectivity index (χ0n) is 13.5. The summed E-state index contributed by atoms with van der Waals surface area (Å²) in [5, 5.41) is 12.4. The summed E-state index contributed by atoms with van der Waals surface area (Å²) in [7, 11) is 0. The number of carboxylic acids is 1. The molecule has 4 heteroatoms. The van der Waals surface area contributed by atoms with Crippen LogP contribution in [0.2, 0.25) is 0 Å². The number of rotatable bonds is 8. The molecular formula is C19H23NO3. The Hall–Kier alpha value is -2.33. The van der Waals surface area contributed by atoms with Crippen molar-refractivity contribution in [1.29, 1.82) is 0 Å². The average molecular weight is 313 g/mol. The lowest BCUT2D eigenvalue weighted by Gasteiger charge is -2.16. The molecule has 2 aromatic rings. The summed E-state index contributed by atoms with van der Waals surface area (Å²) in [6, 6.07) is 16.7. The van der Waals surface area contributed by atoms with Crippen LogP contribution in [0.15, 0.2) is 54.6 Å². The number of ether oxygens (including phenoxy) is 1. The molecule has 0 amide bonds. The Morgan fingerprint density at radius 3 is 2.43 bits per heavy atom. The van der Waals surface area contributed by atoms with Crippen molar-refractivity contribution in [3.8, 4) is 11.5 Å². The standard InChI is InChI=1S/C19H23NO3/c1-14(2)11-18(19(21)22)20-13-15-7-6-10-17(12-15)23-16-8-4-3-5-9-16/h3-10,12,14,18,20H,11,13H2,1-2H3,(H,21,22)/t18-/m0/s1. The van der Waals surface area contributed by atoms with Crippen LogP contribution in [0, 0.1) is 5.92 Å². The van der Waals surface area contributed by atoms with Crippen LogP contribution in [-0.4, -0.2) is 17.1 Å². The highest BCUT2D eigenvalue weighted by Crippen LogP contribution is 2.21. The second-order valence-corrected chi connectivity index (χ2v) is 5.96. The molecule has 0 spiro atoms. The Balaban J connectivity index is 1.98. The Labute approximate surface area is 137 Å². The highest BCUT2D eigenvalue weighted by molar-refractivity contribution is 5.73. The second-order valence-electron chi connectivity index (χ2n) is 5.96. The van der Waals surface area contributed by atoms with Gasteiger partial charge in [-0.05, 0) is 42.2 Å². The molecule has 0 bridgehead atoms. The quantitative estimate of drug-likeness (QED) is 0.771. The minimum atomic E-state index is -0.810. The molecule has 0 unspecified atom stereocenters. The van der Waals surface area contributed by atoms with Gasteiger partial charge in [0.1, 0.15) is 17.5 Å². The Morgan fingerprint density at radius 1 is 1.09 bits per heavy atom. The number of hydrogen-bond donors (Lipinski definition) is 2. The molecule has 2 aromatic carbocycles. The van der Waals surface area contributed by atoms with Gasteiger partial charge in [-0.2, -0.15) is 0 Å². The normalized spacial score (nSPS) is 12.1.